The Balaban J connectivity index is 1.66. The van der Waals surface area contributed by atoms with Gasteiger partial charge in [0, 0.05) is 37.3 Å². The first-order chi connectivity index (χ1) is 16.8. The number of carboxylic acids is 1. The van der Waals surface area contributed by atoms with Gasteiger partial charge in [-0.05, 0) is 54.1 Å². The van der Waals surface area contributed by atoms with Gasteiger partial charge in [0.25, 0.3) is 5.91 Å². The molecule has 0 saturated carbocycles. The lowest BCUT2D eigenvalue weighted by atomic mass is 10.00. The molecule has 178 valence electrons. The van der Waals surface area contributed by atoms with Gasteiger partial charge in [0.1, 0.15) is 17.0 Å². The minimum absolute atomic E-state index is 0.0642. The highest BCUT2D eigenvalue weighted by Gasteiger charge is 2.22. The van der Waals surface area contributed by atoms with E-state index in [0.717, 1.165) is 42.9 Å². The van der Waals surface area contributed by atoms with Gasteiger partial charge < -0.3 is 20.6 Å². The maximum atomic E-state index is 12.4. The number of carbonyl (C=O) groups is 2. The van der Waals surface area contributed by atoms with E-state index < -0.39 is 11.9 Å². The molecule has 1 amide bonds. The Morgan fingerprint density at radius 1 is 0.971 bits per heavy atom. The summed E-state index contributed by atoms with van der Waals surface area (Å²) in [7, 11) is 2.07. The van der Waals surface area contributed by atoms with E-state index in [9.17, 15) is 14.7 Å². The molecule has 1 aliphatic heterocycles. The molecule has 10 heteroatoms. The van der Waals surface area contributed by atoms with Crippen LogP contribution in [-0.2, 0) is 0 Å². The fourth-order valence-electron chi connectivity index (χ4n) is 4.31. The molecule has 1 aromatic carbocycles. The van der Waals surface area contributed by atoms with E-state index in [2.05, 4.69) is 26.8 Å². The van der Waals surface area contributed by atoms with Gasteiger partial charge in [-0.3, -0.25) is 9.78 Å². The molecule has 1 saturated heterocycles. The Hall–Kier alpha value is -3.89. The second-order valence-electron chi connectivity index (χ2n) is 8.61. The van der Waals surface area contributed by atoms with Gasteiger partial charge in [0.15, 0.2) is 0 Å². The number of carbonyl (C=O) groups excluding carboxylic acids is 1. The lowest BCUT2D eigenvalue weighted by molar-refractivity contribution is 0.0698. The van der Waals surface area contributed by atoms with Crippen LogP contribution < -0.4 is 10.6 Å². The van der Waals surface area contributed by atoms with E-state index in [4.69, 9.17) is 10.7 Å². The molecule has 3 N–H and O–H groups in total. The number of amides is 1. The summed E-state index contributed by atoms with van der Waals surface area (Å²) in [5.74, 6) is -1.06. The molecule has 3 aromatic heterocycles. The number of hydrogen-bond donors (Lipinski definition) is 2. The number of fused-ring (bicyclic) bond motifs is 1. The lowest BCUT2D eigenvalue weighted by Crippen LogP contribution is -2.45. The third kappa shape index (κ3) is 4.22. The number of primary amides is 1. The number of likely N-dealkylation sites (N-methyl/N-ethyl adjacent to an activating group) is 1. The molecular formula is C25H24N6O3S. The number of pyridine rings is 1. The average molecular weight is 489 g/mol. The summed E-state index contributed by atoms with van der Waals surface area (Å²) in [5.41, 5.74) is 10.3. The number of benzene rings is 1. The standard InChI is InChI=1S/C25H24N6O3S/c1-14-12-35-13-18(14)15-3-4-17(25(33)34)21-22(15)28-19(11-27-21)16-5-6-20(29-23(16)24(26)32)31-9-7-30(2)8-10-31/h3-6,11-13H,7-10H2,1-2H3,(H2,26,32)(H,33,34). The van der Waals surface area contributed by atoms with E-state index in [1.807, 2.05) is 23.8 Å². The normalized spacial score (nSPS) is 14.4. The summed E-state index contributed by atoms with van der Waals surface area (Å²) in [6, 6.07) is 6.94. The summed E-state index contributed by atoms with van der Waals surface area (Å²) in [6.07, 6.45) is 1.47. The third-order valence-electron chi connectivity index (χ3n) is 6.29. The molecule has 0 spiro atoms. The van der Waals surface area contributed by atoms with Crippen LogP contribution in [0, 0.1) is 6.92 Å². The molecule has 0 radical (unpaired) electrons. The molecule has 9 nitrogen and oxygen atoms in total. The van der Waals surface area contributed by atoms with Crippen LogP contribution in [0.2, 0.25) is 0 Å². The monoisotopic (exact) mass is 488 g/mol. The highest BCUT2D eigenvalue weighted by Crippen LogP contribution is 2.34. The van der Waals surface area contributed by atoms with Gasteiger partial charge in [-0.1, -0.05) is 6.07 Å². The smallest absolute Gasteiger partial charge is 0.337 e. The summed E-state index contributed by atoms with van der Waals surface area (Å²) in [4.78, 5) is 42.4. The maximum Gasteiger partial charge on any atom is 0.337 e. The van der Waals surface area contributed by atoms with Crippen molar-refractivity contribution in [2.75, 3.05) is 38.1 Å². The molecule has 1 aliphatic rings. The van der Waals surface area contributed by atoms with E-state index in [1.54, 1.807) is 29.5 Å². The number of thiophene rings is 1. The highest BCUT2D eigenvalue weighted by atomic mass is 32.1. The molecule has 0 unspecified atom stereocenters. The van der Waals surface area contributed by atoms with Gasteiger partial charge in [0.2, 0.25) is 0 Å². The number of aromatic nitrogens is 3. The van der Waals surface area contributed by atoms with E-state index >= 15 is 0 Å². The predicted octanol–water partition coefficient (Wildman–Crippen LogP) is 3.28. The summed E-state index contributed by atoms with van der Waals surface area (Å²) in [5, 5.41) is 13.7. The Labute approximate surface area is 205 Å². The number of nitrogens with zero attached hydrogens (tertiary/aromatic N) is 5. The molecule has 4 heterocycles. The Bertz CT molecular complexity index is 1460. The van der Waals surface area contributed by atoms with Crippen LogP contribution >= 0.6 is 11.3 Å². The number of carboxylic acid groups (broad SMARTS) is 1. The topological polar surface area (TPSA) is 126 Å². The van der Waals surface area contributed by atoms with Gasteiger partial charge in [-0.25, -0.2) is 14.8 Å². The van der Waals surface area contributed by atoms with Gasteiger partial charge in [-0.15, -0.1) is 0 Å². The first kappa shape index (κ1) is 22.9. The number of hydrogen-bond acceptors (Lipinski definition) is 8. The largest absolute Gasteiger partial charge is 0.478 e. The van der Waals surface area contributed by atoms with Crippen molar-refractivity contribution in [1.82, 2.24) is 19.9 Å². The van der Waals surface area contributed by atoms with Crippen LogP contribution in [0.15, 0.2) is 41.2 Å². The van der Waals surface area contributed by atoms with Crippen molar-refractivity contribution in [3.8, 4) is 22.4 Å². The van der Waals surface area contributed by atoms with Crippen LogP contribution in [0.4, 0.5) is 5.82 Å². The zero-order valence-electron chi connectivity index (χ0n) is 19.4. The Kier molecular flexibility index (Phi) is 5.91. The van der Waals surface area contributed by atoms with Crippen LogP contribution in [0.5, 0.6) is 0 Å². The van der Waals surface area contributed by atoms with Crippen LogP contribution in [0.25, 0.3) is 33.4 Å². The first-order valence-corrected chi connectivity index (χ1v) is 12.1. The molecule has 1 fully saturated rings. The van der Waals surface area contributed by atoms with Crippen LogP contribution in [-0.4, -0.2) is 70.1 Å². The van der Waals surface area contributed by atoms with Crippen molar-refractivity contribution in [2.24, 2.45) is 5.73 Å². The van der Waals surface area contributed by atoms with Crippen molar-refractivity contribution in [3.05, 3.63) is 58.0 Å². The minimum atomic E-state index is -1.08. The summed E-state index contributed by atoms with van der Waals surface area (Å²) in [6.45, 7) is 5.41. The maximum absolute atomic E-state index is 12.4. The van der Waals surface area contributed by atoms with Gasteiger partial charge in [-0.2, -0.15) is 11.3 Å². The fraction of sp³-hybridized carbons (Fsp3) is 0.240. The Morgan fingerprint density at radius 2 is 1.71 bits per heavy atom. The SMILES string of the molecule is Cc1cscc1-c1ccc(C(=O)O)c2ncc(-c3ccc(N4CCN(C)CC4)nc3C(N)=O)nc12. The quantitative estimate of drug-likeness (QED) is 0.438. The third-order valence-corrected chi connectivity index (χ3v) is 7.15. The summed E-state index contributed by atoms with van der Waals surface area (Å²) < 4.78 is 0. The zero-order valence-corrected chi connectivity index (χ0v) is 20.2. The number of rotatable bonds is 5. The average Bonchev–Trinajstić information content (AvgIpc) is 3.28. The molecule has 0 aliphatic carbocycles. The summed E-state index contributed by atoms with van der Waals surface area (Å²) >= 11 is 1.56. The van der Waals surface area contributed by atoms with Gasteiger partial charge >= 0.3 is 5.97 Å². The first-order valence-electron chi connectivity index (χ1n) is 11.1. The van der Waals surface area contributed by atoms with E-state index in [0.29, 0.717) is 22.6 Å². The minimum Gasteiger partial charge on any atom is -0.478 e. The molecule has 35 heavy (non-hydrogen) atoms. The number of aromatic carboxylic acids is 1. The van der Waals surface area contributed by atoms with Crippen molar-refractivity contribution in [1.29, 1.82) is 0 Å². The Morgan fingerprint density at radius 3 is 2.37 bits per heavy atom. The highest BCUT2D eigenvalue weighted by molar-refractivity contribution is 7.08. The van der Waals surface area contributed by atoms with Crippen molar-refractivity contribution in [3.63, 3.8) is 0 Å². The predicted molar refractivity (Wildman–Crippen MR) is 136 cm³/mol. The van der Waals surface area contributed by atoms with E-state index in [-0.39, 0.29) is 16.8 Å². The molecule has 0 bridgehead atoms. The fourth-order valence-corrected chi connectivity index (χ4v) is 5.16. The van der Waals surface area contributed by atoms with Crippen molar-refractivity contribution >= 4 is 40.1 Å². The van der Waals surface area contributed by atoms with Gasteiger partial charge in [0.05, 0.1) is 23.0 Å². The number of piperazine rings is 1. The van der Waals surface area contributed by atoms with Crippen LogP contribution in [0.3, 0.4) is 0 Å². The number of aryl methyl sites for hydroxylation is 1. The zero-order chi connectivity index (χ0) is 24.7. The van der Waals surface area contributed by atoms with Crippen molar-refractivity contribution in [2.45, 2.75) is 6.92 Å². The number of nitrogens with two attached hydrogens (primary N) is 1. The molecule has 5 rings (SSSR count). The molecule has 4 aromatic rings. The second-order valence-corrected chi connectivity index (χ2v) is 9.35. The number of anilines is 1. The lowest BCUT2D eigenvalue weighted by Gasteiger charge is -2.33. The molecule has 0 atom stereocenters. The van der Waals surface area contributed by atoms with Crippen molar-refractivity contribution < 1.29 is 14.7 Å². The molecular weight excluding hydrogens is 464 g/mol. The second kappa shape index (κ2) is 9.05. The van der Waals surface area contributed by atoms with Crippen LogP contribution in [0.1, 0.15) is 26.4 Å². The van der Waals surface area contributed by atoms with E-state index in [1.165, 1.54) is 6.20 Å².